The molecule has 0 saturated heterocycles. The predicted molar refractivity (Wildman–Crippen MR) is 107 cm³/mol. The summed E-state index contributed by atoms with van der Waals surface area (Å²) < 4.78 is 25.0. The molecular weight excluding hydrogens is 354 g/mol. The van der Waals surface area contributed by atoms with Crippen molar-refractivity contribution in [2.75, 3.05) is 6.79 Å². The number of hydrogen-bond acceptors (Lipinski definition) is 4. The number of ether oxygens (including phenoxy) is 3. The van der Waals surface area contributed by atoms with Crippen LogP contribution in [0.5, 0.6) is 17.2 Å². The molecule has 28 heavy (non-hydrogen) atoms. The fourth-order valence-corrected chi connectivity index (χ4v) is 3.50. The molecule has 0 N–H and O–H groups in total. The highest BCUT2D eigenvalue weighted by atomic mass is 16.7. The van der Waals surface area contributed by atoms with Gasteiger partial charge in [0.05, 0.1) is 17.5 Å². The first-order valence-electron chi connectivity index (χ1n) is 9.26. The van der Waals surface area contributed by atoms with Gasteiger partial charge < -0.3 is 23.2 Å². The topological polar surface area (TPSA) is 45.8 Å². The van der Waals surface area contributed by atoms with Crippen LogP contribution in [-0.4, -0.2) is 17.0 Å². The summed E-state index contributed by atoms with van der Waals surface area (Å²) in [6.45, 7) is 6.37. The second-order valence-corrected chi connectivity index (χ2v) is 7.81. The van der Waals surface area contributed by atoms with E-state index in [4.69, 9.17) is 18.6 Å². The minimum Gasteiger partial charge on any atom is -0.488 e. The summed E-state index contributed by atoms with van der Waals surface area (Å²) in [7, 11) is 0. The Morgan fingerprint density at radius 1 is 0.929 bits per heavy atom. The van der Waals surface area contributed by atoms with Crippen molar-refractivity contribution in [3.8, 4) is 34.4 Å². The van der Waals surface area contributed by atoms with Gasteiger partial charge in [0.2, 0.25) is 6.79 Å². The normalized spacial score (nSPS) is 13.2. The number of furan rings is 1. The summed E-state index contributed by atoms with van der Waals surface area (Å²) in [5, 5.41) is 1.06. The maximum absolute atomic E-state index is 5.96. The lowest BCUT2D eigenvalue weighted by molar-refractivity contribution is 0.131. The van der Waals surface area contributed by atoms with Crippen LogP contribution in [0.15, 0.2) is 65.3 Å². The van der Waals surface area contributed by atoms with Crippen molar-refractivity contribution in [1.29, 1.82) is 0 Å². The summed E-state index contributed by atoms with van der Waals surface area (Å²) >= 11 is 0. The number of rotatable bonds is 3. The first-order valence-corrected chi connectivity index (χ1v) is 9.26. The molecule has 5 rings (SSSR count). The first kappa shape index (κ1) is 16.8. The molecule has 0 amide bonds. The fourth-order valence-electron chi connectivity index (χ4n) is 3.50. The van der Waals surface area contributed by atoms with E-state index in [0.29, 0.717) is 0 Å². The fraction of sp³-hybridized carbons (Fsp3) is 0.217. The Balaban J connectivity index is 1.67. The molecule has 5 nitrogen and oxygen atoms in total. The number of fused-ring (bicyclic) bond motifs is 2. The average Bonchev–Trinajstić information content (AvgIpc) is 3.38. The molecule has 1 aliphatic heterocycles. The third-order valence-corrected chi connectivity index (χ3v) is 4.59. The van der Waals surface area contributed by atoms with Crippen molar-refractivity contribution in [1.82, 2.24) is 4.57 Å². The van der Waals surface area contributed by atoms with Crippen molar-refractivity contribution < 1.29 is 18.6 Å². The van der Waals surface area contributed by atoms with Gasteiger partial charge in [0.1, 0.15) is 11.4 Å². The van der Waals surface area contributed by atoms with Crippen LogP contribution in [-0.2, 0) is 0 Å². The standard InChI is InChI=1S/C23H21NO4/c1-23(2,3)28-17-8-6-16(7-9-17)24-18-13-22-21(26-14-27-22)12-15(18)11-19(24)20-5-4-10-25-20/h4-13H,14H2,1-3H3. The monoisotopic (exact) mass is 375 g/mol. The minimum atomic E-state index is -0.237. The molecule has 1 aliphatic rings. The van der Waals surface area contributed by atoms with Gasteiger partial charge in [-0.2, -0.15) is 0 Å². The first-order chi connectivity index (χ1) is 13.5. The quantitative estimate of drug-likeness (QED) is 0.454. The Morgan fingerprint density at radius 3 is 2.36 bits per heavy atom. The maximum atomic E-state index is 5.96. The van der Waals surface area contributed by atoms with E-state index in [1.165, 1.54) is 0 Å². The highest BCUT2D eigenvalue weighted by Crippen LogP contribution is 2.40. The van der Waals surface area contributed by atoms with E-state index in [1.54, 1.807) is 6.26 Å². The van der Waals surface area contributed by atoms with Gasteiger partial charge in [-0.25, -0.2) is 0 Å². The van der Waals surface area contributed by atoms with E-state index in [9.17, 15) is 0 Å². The van der Waals surface area contributed by atoms with E-state index in [0.717, 1.165) is 45.3 Å². The van der Waals surface area contributed by atoms with Crippen LogP contribution in [0.3, 0.4) is 0 Å². The third kappa shape index (κ3) is 2.89. The van der Waals surface area contributed by atoms with Crippen molar-refractivity contribution >= 4 is 10.9 Å². The zero-order valence-electron chi connectivity index (χ0n) is 16.1. The van der Waals surface area contributed by atoms with Crippen LogP contribution in [0.2, 0.25) is 0 Å². The van der Waals surface area contributed by atoms with E-state index in [1.807, 2.05) is 57.2 Å². The predicted octanol–water partition coefficient (Wildman–Crippen LogP) is 5.80. The highest BCUT2D eigenvalue weighted by molar-refractivity contribution is 5.91. The number of hydrogen-bond donors (Lipinski definition) is 0. The smallest absolute Gasteiger partial charge is 0.231 e. The molecular formula is C23H21NO4. The van der Waals surface area contributed by atoms with Crippen LogP contribution in [0.1, 0.15) is 20.8 Å². The average molecular weight is 375 g/mol. The molecule has 0 unspecified atom stereocenters. The molecule has 0 atom stereocenters. The summed E-state index contributed by atoms with van der Waals surface area (Å²) in [6, 6.07) is 18.1. The lowest BCUT2D eigenvalue weighted by Gasteiger charge is -2.21. The molecule has 3 heterocycles. The van der Waals surface area contributed by atoms with Gasteiger partial charge in [-0.3, -0.25) is 0 Å². The van der Waals surface area contributed by atoms with Crippen LogP contribution >= 0.6 is 0 Å². The summed E-state index contributed by atoms with van der Waals surface area (Å²) in [5.74, 6) is 3.16. The highest BCUT2D eigenvalue weighted by Gasteiger charge is 2.20. The van der Waals surface area contributed by atoms with E-state index >= 15 is 0 Å². The number of aromatic nitrogens is 1. The molecule has 5 heteroatoms. The van der Waals surface area contributed by atoms with Gasteiger partial charge in [0.25, 0.3) is 0 Å². The Kier molecular flexibility index (Phi) is 3.66. The molecule has 2 aromatic heterocycles. The molecule has 0 spiro atoms. The Bertz CT molecular complexity index is 1130. The molecule has 2 aromatic carbocycles. The zero-order chi connectivity index (χ0) is 19.3. The van der Waals surface area contributed by atoms with Crippen molar-refractivity contribution in [2.45, 2.75) is 26.4 Å². The molecule has 0 radical (unpaired) electrons. The van der Waals surface area contributed by atoms with Crippen LogP contribution in [0, 0.1) is 0 Å². The van der Waals surface area contributed by atoms with Gasteiger partial charge in [0, 0.05) is 17.1 Å². The minimum absolute atomic E-state index is 0.237. The zero-order valence-corrected chi connectivity index (χ0v) is 16.1. The van der Waals surface area contributed by atoms with Gasteiger partial charge in [0.15, 0.2) is 17.3 Å². The third-order valence-electron chi connectivity index (χ3n) is 4.59. The Morgan fingerprint density at radius 2 is 1.68 bits per heavy atom. The molecule has 4 aromatic rings. The lowest BCUT2D eigenvalue weighted by Crippen LogP contribution is -2.22. The molecule has 142 valence electrons. The van der Waals surface area contributed by atoms with Gasteiger partial charge in [-0.05, 0) is 69.3 Å². The summed E-state index contributed by atoms with van der Waals surface area (Å²) in [5.41, 5.74) is 2.77. The molecule has 0 aliphatic carbocycles. The second-order valence-electron chi connectivity index (χ2n) is 7.81. The Hall–Kier alpha value is -3.34. The van der Waals surface area contributed by atoms with E-state index in [-0.39, 0.29) is 12.4 Å². The van der Waals surface area contributed by atoms with Gasteiger partial charge in [-0.1, -0.05) is 0 Å². The van der Waals surface area contributed by atoms with Crippen molar-refractivity contribution in [3.05, 3.63) is 60.9 Å². The number of benzene rings is 2. The van der Waals surface area contributed by atoms with Crippen molar-refractivity contribution in [3.63, 3.8) is 0 Å². The van der Waals surface area contributed by atoms with E-state index < -0.39 is 0 Å². The maximum Gasteiger partial charge on any atom is 0.231 e. The van der Waals surface area contributed by atoms with Gasteiger partial charge in [-0.15, -0.1) is 0 Å². The van der Waals surface area contributed by atoms with Crippen molar-refractivity contribution in [2.24, 2.45) is 0 Å². The molecule has 0 fully saturated rings. The Labute approximate surface area is 163 Å². The SMILES string of the molecule is CC(C)(C)Oc1ccc(-n2c(-c3ccco3)cc3cc4c(cc32)OCO4)cc1. The van der Waals surface area contributed by atoms with Crippen LogP contribution in [0.25, 0.3) is 28.0 Å². The lowest BCUT2D eigenvalue weighted by atomic mass is 10.2. The summed E-state index contributed by atoms with van der Waals surface area (Å²) in [6.07, 6.45) is 1.68. The van der Waals surface area contributed by atoms with Crippen LogP contribution < -0.4 is 14.2 Å². The van der Waals surface area contributed by atoms with Crippen LogP contribution in [0.4, 0.5) is 0 Å². The molecule has 0 bridgehead atoms. The van der Waals surface area contributed by atoms with Gasteiger partial charge >= 0.3 is 0 Å². The molecule has 0 saturated carbocycles. The number of nitrogens with zero attached hydrogens (tertiary/aromatic N) is 1. The van der Waals surface area contributed by atoms with E-state index in [2.05, 4.69) is 22.8 Å². The second kappa shape index (κ2) is 6.09. The largest absolute Gasteiger partial charge is 0.488 e. The summed E-state index contributed by atoms with van der Waals surface area (Å²) in [4.78, 5) is 0.